The average molecular weight is 317 g/mol. The Morgan fingerprint density at radius 1 is 1.39 bits per heavy atom. The fraction of sp³-hybridized carbons (Fsp3) is 0.312. The Morgan fingerprint density at radius 3 is 2.91 bits per heavy atom. The molecular weight excluding hydrogens is 301 g/mol. The number of rotatable bonds is 3. The van der Waals surface area contributed by atoms with E-state index in [-0.39, 0.29) is 24.4 Å². The second kappa shape index (κ2) is 6.20. The number of H-pyrrole nitrogens is 1. The van der Waals surface area contributed by atoms with Crippen LogP contribution in [-0.4, -0.2) is 40.1 Å². The predicted octanol–water partition coefficient (Wildman–Crippen LogP) is 1.92. The molecule has 2 aromatic rings. The molecule has 0 unspecified atom stereocenters. The molecule has 0 bridgehead atoms. The second-order valence-corrected chi connectivity index (χ2v) is 5.21. The number of hydrogen-bond acceptors (Lipinski definition) is 4. The summed E-state index contributed by atoms with van der Waals surface area (Å²) in [5, 5.41) is 6.80. The van der Waals surface area contributed by atoms with Gasteiger partial charge in [-0.2, -0.15) is 5.10 Å². The number of aromatic nitrogens is 2. The molecule has 1 aliphatic rings. The van der Waals surface area contributed by atoms with Crippen molar-refractivity contribution in [2.24, 2.45) is 0 Å². The van der Waals surface area contributed by atoms with Crippen molar-refractivity contribution in [3.63, 3.8) is 0 Å². The van der Waals surface area contributed by atoms with Crippen LogP contribution in [0.5, 0.6) is 0 Å². The van der Waals surface area contributed by atoms with E-state index in [0.29, 0.717) is 18.5 Å². The molecular formula is C16H16FN3O3. The topological polar surface area (TPSA) is 75.3 Å². The van der Waals surface area contributed by atoms with Crippen molar-refractivity contribution < 1.29 is 18.7 Å². The number of nitrogens with zero attached hydrogens (tertiary/aromatic N) is 2. The van der Waals surface area contributed by atoms with E-state index in [9.17, 15) is 14.0 Å². The molecule has 0 fully saturated rings. The number of fused-ring (bicyclic) bond motifs is 1. The molecule has 23 heavy (non-hydrogen) atoms. The van der Waals surface area contributed by atoms with Crippen LogP contribution in [0.25, 0.3) is 0 Å². The summed E-state index contributed by atoms with van der Waals surface area (Å²) < 4.78 is 18.8. The van der Waals surface area contributed by atoms with Crippen molar-refractivity contribution >= 4 is 11.9 Å². The van der Waals surface area contributed by atoms with Gasteiger partial charge in [0.1, 0.15) is 5.82 Å². The number of carbonyl (C=O) groups is 2. The molecule has 1 aromatic heterocycles. The Hall–Kier alpha value is -2.70. The largest absolute Gasteiger partial charge is 0.461 e. The molecule has 3 rings (SSSR count). The van der Waals surface area contributed by atoms with Crippen LogP contribution in [0.1, 0.15) is 39.0 Å². The summed E-state index contributed by atoms with van der Waals surface area (Å²) in [6.07, 6.45) is 0.530. The molecule has 0 spiro atoms. The van der Waals surface area contributed by atoms with E-state index < -0.39 is 17.7 Å². The van der Waals surface area contributed by atoms with Gasteiger partial charge in [0.2, 0.25) is 0 Å². The second-order valence-electron chi connectivity index (χ2n) is 5.21. The molecule has 0 atom stereocenters. The summed E-state index contributed by atoms with van der Waals surface area (Å²) in [5.41, 5.74) is 1.66. The molecule has 0 aliphatic carbocycles. The van der Waals surface area contributed by atoms with Crippen LogP contribution < -0.4 is 0 Å². The Bertz CT molecular complexity index is 757. The molecule has 1 amide bonds. The number of esters is 1. The van der Waals surface area contributed by atoms with E-state index in [1.165, 1.54) is 23.1 Å². The molecule has 6 nitrogen and oxygen atoms in total. The van der Waals surface area contributed by atoms with Crippen molar-refractivity contribution in [2.75, 3.05) is 13.2 Å². The summed E-state index contributed by atoms with van der Waals surface area (Å²) in [5.74, 6) is -1.48. The van der Waals surface area contributed by atoms with Gasteiger partial charge in [-0.15, -0.1) is 0 Å². The number of ether oxygens (including phenoxy) is 1. The van der Waals surface area contributed by atoms with E-state index in [4.69, 9.17) is 4.74 Å². The Kier molecular flexibility index (Phi) is 4.10. The first-order chi connectivity index (χ1) is 11.1. The number of hydrogen-bond donors (Lipinski definition) is 1. The van der Waals surface area contributed by atoms with E-state index in [1.54, 1.807) is 13.0 Å². The zero-order valence-corrected chi connectivity index (χ0v) is 12.6. The highest BCUT2D eigenvalue weighted by atomic mass is 19.1. The number of benzene rings is 1. The van der Waals surface area contributed by atoms with Crippen LogP contribution in [0.3, 0.4) is 0 Å². The van der Waals surface area contributed by atoms with Gasteiger partial charge in [-0.3, -0.25) is 9.89 Å². The zero-order chi connectivity index (χ0) is 16.4. The maximum Gasteiger partial charge on any atom is 0.359 e. The van der Waals surface area contributed by atoms with Crippen molar-refractivity contribution in [3.8, 4) is 0 Å². The van der Waals surface area contributed by atoms with Gasteiger partial charge in [0.15, 0.2) is 5.69 Å². The fourth-order valence-corrected chi connectivity index (χ4v) is 2.64. The molecule has 1 aliphatic heterocycles. The van der Waals surface area contributed by atoms with E-state index in [0.717, 1.165) is 5.69 Å². The minimum Gasteiger partial charge on any atom is -0.461 e. The standard InChI is InChI=1S/C16H16FN3O3/c1-2-23-16(22)14-11-9-20(8-7-13(11)18-19-14)15(21)10-5-3-4-6-12(10)17/h3-6H,2,7-9H2,1H3,(H,18,19). The molecule has 0 saturated carbocycles. The average Bonchev–Trinajstić information content (AvgIpc) is 2.98. The van der Waals surface area contributed by atoms with Crippen LogP contribution in [0.4, 0.5) is 4.39 Å². The van der Waals surface area contributed by atoms with Gasteiger partial charge in [-0.25, -0.2) is 9.18 Å². The lowest BCUT2D eigenvalue weighted by molar-refractivity contribution is 0.0513. The minimum absolute atomic E-state index is 0.0251. The van der Waals surface area contributed by atoms with Gasteiger partial charge in [-0.1, -0.05) is 12.1 Å². The van der Waals surface area contributed by atoms with Crippen molar-refractivity contribution in [2.45, 2.75) is 19.9 Å². The summed E-state index contributed by atoms with van der Waals surface area (Å²) in [4.78, 5) is 25.9. The van der Waals surface area contributed by atoms with Crippen LogP contribution in [0.15, 0.2) is 24.3 Å². The maximum atomic E-state index is 13.8. The highest BCUT2D eigenvalue weighted by Gasteiger charge is 2.29. The normalized spacial score (nSPS) is 13.6. The van der Waals surface area contributed by atoms with Crippen LogP contribution >= 0.6 is 0 Å². The first kappa shape index (κ1) is 15.2. The Morgan fingerprint density at radius 2 is 2.17 bits per heavy atom. The van der Waals surface area contributed by atoms with Crippen LogP contribution in [0, 0.1) is 5.82 Å². The third-order valence-corrected chi connectivity index (χ3v) is 3.79. The van der Waals surface area contributed by atoms with Crippen molar-refractivity contribution in [1.82, 2.24) is 15.1 Å². The van der Waals surface area contributed by atoms with Crippen molar-refractivity contribution in [3.05, 3.63) is 52.6 Å². The highest BCUT2D eigenvalue weighted by molar-refractivity contribution is 5.95. The Balaban J connectivity index is 1.85. The third kappa shape index (κ3) is 2.81. The number of nitrogens with one attached hydrogen (secondary N) is 1. The van der Waals surface area contributed by atoms with Gasteiger partial charge < -0.3 is 9.64 Å². The van der Waals surface area contributed by atoms with Crippen molar-refractivity contribution in [1.29, 1.82) is 0 Å². The highest BCUT2D eigenvalue weighted by Crippen LogP contribution is 2.23. The molecule has 0 saturated heterocycles. The molecule has 0 radical (unpaired) electrons. The predicted molar refractivity (Wildman–Crippen MR) is 79.4 cm³/mol. The minimum atomic E-state index is -0.555. The van der Waals surface area contributed by atoms with Gasteiger partial charge in [0.25, 0.3) is 5.91 Å². The smallest absolute Gasteiger partial charge is 0.359 e. The molecule has 7 heteroatoms. The van der Waals surface area contributed by atoms with E-state index in [1.807, 2.05) is 0 Å². The Labute approximate surface area is 132 Å². The lowest BCUT2D eigenvalue weighted by Crippen LogP contribution is -2.36. The summed E-state index contributed by atoms with van der Waals surface area (Å²) in [6, 6.07) is 5.86. The number of halogens is 1. The summed E-state index contributed by atoms with van der Waals surface area (Å²) in [6.45, 7) is 2.60. The number of carbonyl (C=O) groups excluding carboxylic acids is 2. The van der Waals surface area contributed by atoms with E-state index >= 15 is 0 Å². The number of aromatic amines is 1. The summed E-state index contributed by atoms with van der Waals surface area (Å²) >= 11 is 0. The van der Waals surface area contributed by atoms with Crippen LogP contribution in [-0.2, 0) is 17.7 Å². The third-order valence-electron chi connectivity index (χ3n) is 3.79. The molecule has 2 heterocycles. The summed E-state index contributed by atoms with van der Waals surface area (Å²) in [7, 11) is 0. The van der Waals surface area contributed by atoms with E-state index in [2.05, 4.69) is 10.2 Å². The molecule has 1 aromatic carbocycles. The quantitative estimate of drug-likeness (QED) is 0.878. The zero-order valence-electron chi connectivity index (χ0n) is 12.6. The maximum absolute atomic E-state index is 13.8. The van der Waals surface area contributed by atoms with Gasteiger partial charge in [-0.05, 0) is 19.1 Å². The molecule has 1 N–H and O–H groups in total. The van der Waals surface area contributed by atoms with Gasteiger partial charge >= 0.3 is 5.97 Å². The van der Waals surface area contributed by atoms with Gasteiger partial charge in [0.05, 0.1) is 18.7 Å². The number of amides is 1. The lowest BCUT2D eigenvalue weighted by atomic mass is 10.0. The first-order valence-corrected chi connectivity index (χ1v) is 7.38. The first-order valence-electron chi connectivity index (χ1n) is 7.38. The van der Waals surface area contributed by atoms with Crippen LogP contribution in [0.2, 0.25) is 0 Å². The lowest BCUT2D eigenvalue weighted by Gasteiger charge is -2.27. The fourth-order valence-electron chi connectivity index (χ4n) is 2.64. The SMILES string of the molecule is CCOC(=O)c1n[nH]c2c1CN(C(=O)c1ccccc1F)CC2. The monoisotopic (exact) mass is 317 g/mol. The molecule has 120 valence electrons. The van der Waals surface area contributed by atoms with Gasteiger partial charge in [0, 0.05) is 24.2 Å².